The molecule has 0 saturated heterocycles. The zero-order valence-electron chi connectivity index (χ0n) is 11.4. The largest absolute Gasteiger partial charge is 0.349 e. The van der Waals surface area contributed by atoms with Gasteiger partial charge in [0.1, 0.15) is 0 Å². The van der Waals surface area contributed by atoms with E-state index in [1.54, 1.807) is 0 Å². The van der Waals surface area contributed by atoms with E-state index in [2.05, 4.69) is 36.4 Å². The Kier molecular flexibility index (Phi) is 4.02. The number of benzene rings is 1. The standard InChI is InChI=1S/C15H22N2O/c1-11(12-7-5-4-6-8-12)16-15(18)14-9-13(14)10-17(2)3/h4-8,11,13-14H,9-10H2,1-3H3,(H,16,18). The lowest BCUT2D eigenvalue weighted by atomic mass is 10.1. The van der Waals surface area contributed by atoms with Crippen LogP contribution < -0.4 is 5.32 Å². The van der Waals surface area contributed by atoms with Crippen molar-refractivity contribution in [1.82, 2.24) is 10.2 Å². The molecular formula is C15H22N2O. The van der Waals surface area contributed by atoms with Crippen molar-refractivity contribution in [2.24, 2.45) is 11.8 Å². The van der Waals surface area contributed by atoms with Gasteiger partial charge in [0.15, 0.2) is 0 Å². The third kappa shape index (κ3) is 3.33. The summed E-state index contributed by atoms with van der Waals surface area (Å²) in [5.74, 6) is 0.972. The minimum absolute atomic E-state index is 0.0966. The number of amides is 1. The van der Waals surface area contributed by atoms with Crippen molar-refractivity contribution in [3.05, 3.63) is 35.9 Å². The maximum Gasteiger partial charge on any atom is 0.223 e. The lowest BCUT2D eigenvalue weighted by Gasteiger charge is -2.14. The molecule has 0 aromatic heterocycles. The second-order valence-electron chi connectivity index (χ2n) is 5.51. The van der Waals surface area contributed by atoms with Crippen LogP contribution in [0.1, 0.15) is 24.9 Å². The van der Waals surface area contributed by atoms with Crippen LogP contribution in [0.15, 0.2) is 30.3 Å². The average molecular weight is 246 g/mol. The van der Waals surface area contributed by atoms with Crippen molar-refractivity contribution >= 4 is 5.91 Å². The minimum Gasteiger partial charge on any atom is -0.349 e. The molecule has 18 heavy (non-hydrogen) atoms. The SMILES string of the molecule is CC(NC(=O)C1CC1CN(C)C)c1ccccc1. The Hall–Kier alpha value is -1.35. The molecule has 3 nitrogen and oxygen atoms in total. The predicted molar refractivity (Wildman–Crippen MR) is 73.2 cm³/mol. The van der Waals surface area contributed by atoms with Crippen LogP contribution in [0.25, 0.3) is 0 Å². The van der Waals surface area contributed by atoms with Crippen molar-refractivity contribution in [1.29, 1.82) is 0 Å². The van der Waals surface area contributed by atoms with E-state index < -0.39 is 0 Å². The Morgan fingerprint density at radius 3 is 2.67 bits per heavy atom. The highest BCUT2D eigenvalue weighted by Crippen LogP contribution is 2.39. The van der Waals surface area contributed by atoms with E-state index in [4.69, 9.17) is 0 Å². The van der Waals surface area contributed by atoms with Crippen molar-refractivity contribution in [2.45, 2.75) is 19.4 Å². The van der Waals surface area contributed by atoms with Gasteiger partial charge in [-0.15, -0.1) is 0 Å². The first-order valence-corrected chi connectivity index (χ1v) is 6.58. The first-order chi connectivity index (χ1) is 8.58. The lowest BCUT2D eigenvalue weighted by molar-refractivity contribution is -0.123. The fraction of sp³-hybridized carbons (Fsp3) is 0.533. The Balaban J connectivity index is 1.82. The number of carbonyl (C=O) groups is 1. The molecule has 2 rings (SSSR count). The molecule has 1 fully saturated rings. The van der Waals surface area contributed by atoms with E-state index in [0.717, 1.165) is 18.5 Å². The molecule has 1 aromatic rings. The second kappa shape index (κ2) is 5.53. The maximum atomic E-state index is 12.1. The number of hydrogen-bond acceptors (Lipinski definition) is 2. The summed E-state index contributed by atoms with van der Waals surface area (Å²) in [5, 5.41) is 3.10. The van der Waals surface area contributed by atoms with Crippen LogP contribution in [0, 0.1) is 11.8 Å². The first-order valence-electron chi connectivity index (χ1n) is 6.58. The van der Waals surface area contributed by atoms with Crippen LogP contribution in [0.2, 0.25) is 0 Å². The molecule has 1 N–H and O–H groups in total. The molecule has 3 heteroatoms. The van der Waals surface area contributed by atoms with Crippen molar-refractivity contribution in [3.63, 3.8) is 0 Å². The summed E-state index contributed by atoms with van der Waals surface area (Å²) in [6, 6.07) is 10.2. The number of hydrogen-bond donors (Lipinski definition) is 1. The predicted octanol–water partition coefficient (Wildman–Crippen LogP) is 2.06. The van der Waals surface area contributed by atoms with Crippen molar-refractivity contribution in [3.8, 4) is 0 Å². The van der Waals surface area contributed by atoms with Gasteiger partial charge in [-0.25, -0.2) is 0 Å². The van der Waals surface area contributed by atoms with E-state index >= 15 is 0 Å². The zero-order chi connectivity index (χ0) is 13.1. The molecule has 98 valence electrons. The van der Waals surface area contributed by atoms with E-state index in [9.17, 15) is 4.79 Å². The van der Waals surface area contributed by atoms with E-state index in [1.165, 1.54) is 0 Å². The van der Waals surface area contributed by atoms with Crippen molar-refractivity contribution < 1.29 is 4.79 Å². The molecule has 0 radical (unpaired) electrons. The van der Waals surface area contributed by atoms with E-state index in [1.807, 2.05) is 25.1 Å². The molecule has 0 spiro atoms. The quantitative estimate of drug-likeness (QED) is 0.862. The molecular weight excluding hydrogens is 224 g/mol. The smallest absolute Gasteiger partial charge is 0.223 e. The average Bonchev–Trinajstić information content (AvgIpc) is 3.08. The molecule has 0 aliphatic heterocycles. The normalized spacial score (nSPS) is 23.8. The number of carbonyl (C=O) groups excluding carboxylic acids is 1. The van der Waals surface area contributed by atoms with Crippen LogP contribution in [0.4, 0.5) is 0 Å². The topological polar surface area (TPSA) is 32.3 Å². The summed E-state index contributed by atoms with van der Waals surface area (Å²) in [7, 11) is 4.11. The first kappa shape index (κ1) is 13.1. The maximum absolute atomic E-state index is 12.1. The molecule has 1 aliphatic carbocycles. The number of rotatable bonds is 5. The Labute approximate surface area is 109 Å². The van der Waals surface area contributed by atoms with Gasteiger partial charge >= 0.3 is 0 Å². The molecule has 3 unspecified atom stereocenters. The highest BCUT2D eigenvalue weighted by molar-refractivity contribution is 5.81. The molecule has 0 heterocycles. The number of nitrogens with zero attached hydrogens (tertiary/aromatic N) is 1. The van der Waals surface area contributed by atoms with Crippen LogP contribution in [-0.4, -0.2) is 31.4 Å². The van der Waals surface area contributed by atoms with Crippen LogP contribution in [-0.2, 0) is 4.79 Å². The van der Waals surface area contributed by atoms with Gasteiger partial charge < -0.3 is 10.2 Å². The van der Waals surface area contributed by atoms with Gasteiger partial charge in [0.2, 0.25) is 5.91 Å². The van der Waals surface area contributed by atoms with Gasteiger partial charge in [0.05, 0.1) is 6.04 Å². The fourth-order valence-electron chi connectivity index (χ4n) is 2.38. The van der Waals surface area contributed by atoms with Gasteiger partial charge in [0, 0.05) is 12.5 Å². The summed E-state index contributed by atoms with van der Waals surface area (Å²) in [6.07, 6.45) is 1.03. The van der Waals surface area contributed by atoms with Gasteiger partial charge in [-0.05, 0) is 38.9 Å². The summed E-state index contributed by atoms with van der Waals surface area (Å²) in [5.41, 5.74) is 1.16. The monoisotopic (exact) mass is 246 g/mol. The molecule has 1 saturated carbocycles. The highest BCUT2D eigenvalue weighted by Gasteiger charge is 2.43. The lowest BCUT2D eigenvalue weighted by Crippen LogP contribution is -2.29. The van der Waals surface area contributed by atoms with Gasteiger partial charge in [0.25, 0.3) is 0 Å². The van der Waals surface area contributed by atoms with Gasteiger partial charge in [-0.3, -0.25) is 4.79 Å². The number of nitrogens with one attached hydrogen (secondary N) is 1. The Morgan fingerprint density at radius 2 is 2.06 bits per heavy atom. The molecule has 1 aromatic carbocycles. The summed E-state index contributed by atoms with van der Waals surface area (Å²) < 4.78 is 0. The van der Waals surface area contributed by atoms with E-state index in [0.29, 0.717) is 5.92 Å². The zero-order valence-corrected chi connectivity index (χ0v) is 11.4. The van der Waals surface area contributed by atoms with Crippen LogP contribution in [0.3, 0.4) is 0 Å². The molecule has 1 aliphatic rings. The minimum atomic E-state index is 0.0966. The Morgan fingerprint density at radius 1 is 1.39 bits per heavy atom. The molecule has 3 atom stereocenters. The summed E-state index contributed by atoms with van der Waals surface area (Å²) in [4.78, 5) is 14.2. The van der Waals surface area contributed by atoms with Gasteiger partial charge in [-0.1, -0.05) is 30.3 Å². The second-order valence-corrected chi connectivity index (χ2v) is 5.51. The summed E-state index contributed by atoms with van der Waals surface area (Å²) >= 11 is 0. The molecule has 1 amide bonds. The Bertz CT molecular complexity index is 402. The van der Waals surface area contributed by atoms with E-state index in [-0.39, 0.29) is 17.9 Å². The highest BCUT2D eigenvalue weighted by atomic mass is 16.2. The molecule has 0 bridgehead atoms. The fourth-order valence-corrected chi connectivity index (χ4v) is 2.38. The third-order valence-corrected chi connectivity index (χ3v) is 3.52. The summed E-state index contributed by atoms with van der Waals surface area (Å²) in [6.45, 7) is 3.05. The van der Waals surface area contributed by atoms with Crippen LogP contribution in [0.5, 0.6) is 0 Å². The van der Waals surface area contributed by atoms with Crippen molar-refractivity contribution in [2.75, 3.05) is 20.6 Å². The van der Waals surface area contributed by atoms with Gasteiger partial charge in [-0.2, -0.15) is 0 Å². The van der Waals surface area contributed by atoms with Crippen LogP contribution >= 0.6 is 0 Å². The third-order valence-electron chi connectivity index (χ3n) is 3.52.